The van der Waals surface area contributed by atoms with Gasteiger partial charge < -0.3 is 4.74 Å². The molecule has 0 spiro atoms. The quantitative estimate of drug-likeness (QED) is 0.393. The van der Waals surface area contributed by atoms with Gasteiger partial charge in [-0.3, -0.25) is 4.99 Å². The fraction of sp³-hybridized carbons (Fsp3) is 0.429. The second kappa shape index (κ2) is 3.15. The Kier molecular flexibility index (Phi) is 2.20. The molecule has 3 nitrogen and oxygen atoms in total. The molecule has 0 N–H and O–H groups in total. The third-order valence-corrected chi connectivity index (χ3v) is 1.27. The number of carbonyl (C=O) groups excluding carboxylic acids is 1. The van der Waals surface area contributed by atoms with Crippen molar-refractivity contribution in [3.8, 4) is 0 Å². The first-order valence-electron chi connectivity index (χ1n) is 3.10. The second-order valence-corrected chi connectivity index (χ2v) is 1.96. The van der Waals surface area contributed by atoms with Crippen LogP contribution in [0, 0.1) is 0 Å². The van der Waals surface area contributed by atoms with Crippen molar-refractivity contribution in [1.82, 2.24) is 0 Å². The van der Waals surface area contributed by atoms with Crippen molar-refractivity contribution in [2.75, 3.05) is 7.11 Å². The van der Waals surface area contributed by atoms with E-state index in [4.69, 9.17) is 0 Å². The van der Waals surface area contributed by atoms with Crippen molar-refractivity contribution in [2.45, 2.75) is 12.5 Å². The lowest BCUT2D eigenvalue weighted by atomic mass is 10.2. The molecule has 3 heteroatoms. The first-order valence-corrected chi connectivity index (χ1v) is 3.10. The number of carbonyl (C=O) groups is 1. The Labute approximate surface area is 59.4 Å². The van der Waals surface area contributed by atoms with Gasteiger partial charge >= 0.3 is 5.97 Å². The fourth-order valence-corrected chi connectivity index (χ4v) is 0.753. The predicted molar refractivity (Wildman–Crippen MR) is 38.1 cm³/mol. The lowest BCUT2D eigenvalue weighted by Gasteiger charge is -2.06. The smallest absolute Gasteiger partial charge is 0.334 e. The Balaban J connectivity index is 2.55. The summed E-state index contributed by atoms with van der Waals surface area (Å²) in [5, 5.41) is 0. The van der Waals surface area contributed by atoms with Gasteiger partial charge in [-0.2, -0.15) is 0 Å². The Bertz CT molecular complexity index is 172. The van der Waals surface area contributed by atoms with E-state index in [0.29, 0.717) is 0 Å². The Hall–Kier alpha value is -1.12. The van der Waals surface area contributed by atoms with Gasteiger partial charge in [-0.05, 0) is 0 Å². The molecule has 0 amide bonds. The zero-order chi connectivity index (χ0) is 7.40. The van der Waals surface area contributed by atoms with Gasteiger partial charge in [-0.1, -0.05) is 12.2 Å². The van der Waals surface area contributed by atoms with Gasteiger partial charge in [0, 0.05) is 12.6 Å². The molecule has 0 saturated heterocycles. The van der Waals surface area contributed by atoms with Gasteiger partial charge in [-0.15, -0.1) is 0 Å². The van der Waals surface area contributed by atoms with Crippen LogP contribution in [0.4, 0.5) is 0 Å². The van der Waals surface area contributed by atoms with Gasteiger partial charge in [-0.25, -0.2) is 4.79 Å². The van der Waals surface area contributed by atoms with Gasteiger partial charge in [0.2, 0.25) is 0 Å². The normalized spacial score (nSPS) is 22.7. The summed E-state index contributed by atoms with van der Waals surface area (Å²) >= 11 is 0. The highest BCUT2D eigenvalue weighted by Crippen LogP contribution is 2.01. The highest BCUT2D eigenvalue weighted by Gasteiger charge is 2.13. The second-order valence-electron chi connectivity index (χ2n) is 1.96. The molecule has 1 aliphatic heterocycles. The molecule has 54 valence electrons. The van der Waals surface area contributed by atoms with Crippen molar-refractivity contribution >= 4 is 12.2 Å². The Morgan fingerprint density at radius 1 is 1.80 bits per heavy atom. The van der Waals surface area contributed by atoms with Crippen LogP contribution in [0.3, 0.4) is 0 Å². The lowest BCUT2D eigenvalue weighted by molar-refractivity contribution is -0.140. The van der Waals surface area contributed by atoms with E-state index < -0.39 is 6.04 Å². The van der Waals surface area contributed by atoms with Gasteiger partial charge in [0.1, 0.15) is 0 Å². The molecule has 0 fully saturated rings. The summed E-state index contributed by atoms with van der Waals surface area (Å²) in [6.45, 7) is 0. The highest BCUT2D eigenvalue weighted by molar-refractivity contribution is 5.81. The molecule has 10 heavy (non-hydrogen) atoms. The maximum absolute atomic E-state index is 10.8. The summed E-state index contributed by atoms with van der Waals surface area (Å²) in [6, 6.07) is -0.404. The van der Waals surface area contributed by atoms with Crippen molar-refractivity contribution in [2.24, 2.45) is 4.99 Å². The molecule has 1 atom stereocenters. The molecular weight excluding hydrogens is 130 g/mol. The standard InChI is InChI=1S/C7H9NO2/c1-10-7(9)6-4-2-3-5-8-6/h2,4-6H,3H2,1H3. The topological polar surface area (TPSA) is 38.7 Å². The van der Waals surface area contributed by atoms with E-state index >= 15 is 0 Å². The van der Waals surface area contributed by atoms with E-state index in [-0.39, 0.29) is 5.97 Å². The maximum atomic E-state index is 10.8. The SMILES string of the molecule is COC(=O)C1C=CCC=N1. The molecule has 1 rings (SSSR count). The van der Waals surface area contributed by atoms with Crippen molar-refractivity contribution in [3.05, 3.63) is 12.2 Å². The third-order valence-electron chi connectivity index (χ3n) is 1.27. The molecule has 0 aromatic rings. The average Bonchev–Trinajstić information content (AvgIpc) is 2.05. The minimum absolute atomic E-state index is 0.299. The molecule has 0 radical (unpaired) electrons. The molecule has 0 bridgehead atoms. The van der Waals surface area contributed by atoms with Crippen molar-refractivity contribution < 1.29 is 9.53 Å². The van der Waals surface area contributed by atoms with Crippen LogP contribution >= 0.6 is 0 Å². The van der Waals surface area contributed by atoms with E-state index in [2.05, 4.69) is 9.73 Å². The van der Waals surface area contributed by atoms with E-state index in [9.17, 15) is 4.79 Å². The number of methoxy groups -OCH3 is 1. The third kappa shape index (κ3) is 1.43. The zero-order valence-corrected chi connectivity index (χ0v) is 5.78. The van der Waals surface area contributed by atoms with Crippen LogP contribution in [-0.2, 0) is 9.53 Å². The first kappa shape index (κ1) is 6.99. The maximum Gasteiger partial charge on any atom is 0.334 e. The van der Waals surface area contributed by atoms with Crippen LogP contribution in [0.2, 0.25) is 0 Å². The van der Waals surface area contributed by atoms with Crippen molar-refractivity contribution in [3.63, 3.8) is 0 Å². The molecule has 1 unspecified atom stereocenters. The van der Waals surface area contributed by atoms with Crippen LogP contribution in [0.25, 0.3) is 0 Å². The van der Waals surface area contributed by atoms with Gasteiger partial charge in [0.05, 0.1) is 7.11 Å². The fourth-order valence-electron chi connectivity index (χ4n) is 0.753. The lowest BCUT2D eigenvalue weighted by Crippen LogP contribution is -2.19. The van der Waals surface area contributed by atoms with E-state index in [1.54, 1.807) is 12.3 Å². The van der Waals surface area contributed by atoms with Crippen LogP contribution in [0.5, 0.6) is 0 Å². The summed E-state index contributed by atoms with van der Waals surface area (Å²) in [6.07, 6.45) is 6.16. The molecule has 0 aromatic heterocycles. The summed E-state index contributed by atoms with van der Waals surface area (Å²) in [7, 11) is 1.36. The van der Waals surface area contributed by atoms with Crippen molar-refractivity contribution in [1.29, 1.82) is 0 Å². The molecule has 1 aliphatic rings. The monoisotopic (exact) mass is 139 g/mol. The van der Waals surface area contributed by atoms with E-state index in [1.165, 1.54) is 7.11 Å². The minimum atomic E-state index is -0.404. The highest BCUT2D eigenvalue weighted by atomic mass is 16.5. The molecular formula is C7H9NO2. The van der Waals surface area contributed by atoms with Gasteiger partial charge in [0.15, 0.2) is 6.04 Å². The van der Waals surface area contributed by atoms with Gasteiger partial charge in [0.25, 0.3) is 0 Å². The number of hydrogen-bond acceptors (Lipinski definition) is 3. The number of hydrogen-bond donors (Lipinski definition) is 0. The number of ether oxygens (including phenoxy) is 1. The number of rotatable bonds is 1. The number of esters is 1. The molecule has 1 heterocycles. The Morgan fingerprint density at radius 2 is 2.60 bits per heavy atom. The number of nitrogens with zero attached hydrogens (tertiary/aromatic N) is 1. The average molecular weight is 139 g/mol. The summed E-state index contributed by atoms with van der Waals surface area (Å²) in [5.74, 6) is -0.299. The Morgan fingerprint density at radius 3 is 3.10 bits per heavy atom. The number of allylic oxidation sites excluding steroid dienone is 1. The van der Waals surface area contributed by atoms with Crippen LogP contribution < -0.4 is 0 Å². The largest absolute Gasteiger partial charge is 0.467 e. The molecule has 0 aromatic carbocycles. The van der Waals surface area contributed by atoms with Crippen LogP contribution in [0.1, 0.15) is 6.42 Å². The van der Waals surface area contributed by atoms with Crippen LogP contribution in [-0.4, -0.2) is 25.3 Å². The van der Waals surface area contributed by atoms with Crippen LogP contribution in [0.15, 0.2) is 17.1 Å². The summed E-state index contributed by atoms with van der Waals surface area (Å²) in [5.41, 5.74) is 0. The first-order chi connectivity index (χ1) is 4.84. The molecule has 0 saturated carbocycles. The summed E-state index contributed by atoms with van der Waals surface area (Å²) < 4.78 is 4.49. The summed E-state index contributed by atoms with van der Waals surface area (Å²) in [4.78, 5) is 14.7. The number of aliphatic imine (C=N–C) groups is 1. The predicted octanol–water partition coefficient (Wildman–Crippen LogP) is 0.559. The van der Waals surface area contributed by atoms with E-state index in [1.807, 2.05) is 6.08 Å². The van der Waals surface area contributed by atoms with E-state index in [0.717, 1.165) is 6.42 Å². The minimum Gasteiger partial charge on any atom is -0.467 e. The number of dihydropyridines is 1. The molecule has 0 aliphatic carbocycles. The zero-order valence-electron chi connectivity index (χ0n) is 5.78.